The fourth-order valence-electron chi connectivity index (χ4n) is 3.63. The smallest absolute Gasteiger partial charge is 0.326 e. The van der Waals surface area contributed by atoms with Gasteiger partial charge in [-0.25, -0.2) is 0 Å². The number of quaternary nitrogens is 2. The summed E-state index contributed by atoms with van der Waals surface area (Å²) in [7, 11) is 1.62. The van der Waals surface area contributed by atoms with Crippen LogP contribution in [0.1, 0.15) is 38.5 Å². The predicted octanol–water partition coefficient (Wildman–Crippen LogP) is 1.68. The lowest BCUT2D eigenvalue weighted by Crippen LogP contribution is -2.44. The minimum atomic E-state index is -4.16. The summed E-state index contributed by atoms with van der Waals surface area (Å²) >= 11 is 0. The zero-order chi connectivity index (χ0) is 16.7. The first-order valence-corrected chi connectivity index (χ1v) is 9.75. The maximum atomic E-state index is 9.33. The van der Waals surface area contributed by atoms with E-state index >= 15 is 0 Å². The summed E-state index contributed by atoms with van der Waals surface area (Å²) in [6, 6.07) is 0. The van der Waals surface area contributed by atoms with Crippen molar-refractivity contribution in [3.63, 3.8) is 0 Å². The number of hydrogen-bond acceptors (Lipinski definition) is 3. The maximum Gasteiger partial charge on any atom is 0.397 e. The minimum absolute atomic E-state index is 0.870. The molecule has 0 unspecified atom stereocenters. The molecule has 1 N–H and O–H groups in total. The van der Waals surface area contributed by atoms with Crippen LogP contribution in [-0.4, -0.2) is 82.4 Å². The van der Waals surface area contributed by atoms with Crippen LogP contribution in [0.2, 0.25) is 0 Å². The van der Waals surface area contributed by atoms with Crippen LogP contribution in [0.4, 0.5) is 0 Å². The molecule has 2 aliphatic heterocycles. The third kappa shape index (κ3) is 7.87. The van der Waals surface area contributed by atoms with Gasteiger partial charge in [0.1, 0.15) is 0 Å². The van der Waals surface area contributed by atoms with Crippen molar-refractivity contribution in [2.75, 3.05) is 60.5 Å². The Kier molecular flexibility index (Phi) is 7.74. The Morgan fingerprint density at radius 3 is 1.36 bits per heavy atom. The summed E-state index contributed by atoms with van der Waals surface area (Å²) in [5.74, 6) is 0. The van der Waals surface area contributed by atoms with Gasteiger partial charge in [-0.15, -0.1) is 0 Å². The largest absolute Gasteiger partial charge is 0.397 e. The Labute approximate surface area is 136 Å². The van der Waals surface area contributed by atoms with Gasteiger partial charge in [0.05, 0.1) is 60.5 Å². The van der Waals surface area contributed by atoms with Crippen molar-refractivity contribution in [2.24, 2.45) is 0 Å². The first-order valence-electron chi connectivity index (χ1n) is 8.38. The first kappa shape index (κ1) is 19.8. The van der Waals surface area contributed by atoms with Crippen LogP contribution < -0.4 is 0 Å². The number of likely N-dealkylation sites (tertiary alicyclic amines) is 2. The number of rotatable bonds is 6. The van der Waals surface area contributed by atoms with Gasteiger partial charge in [0.2, 0.25) is 0 Å². The lowest BCUT2D eigenvalue weighted by Gasteiger charge is -2.31. The zero-order valence-electron chi connectivity index (χ0n) is 14.5. The molecule has 0 radical (unpaired) electrons. The average molecular weight is 339 g/mol. The third-order valence-electron chi connectivity index (χ3n) is 5.15. The van der Waals surface area contributed by atoms with Crippen molar-refractivity contribution >= 4 is 10.4 Å². The number of nitrogens with zero attached hydrogens (tertiary/aromatic N) is 2. The van der Waals surface area contributed by atoms with Crippen molar-refractivity contribution in [1.82, 2.24) is 0 Å². The molecule has 7 heteroatoms. The van der Waals surface area contributed by atoms with Crippen molar-refractivity contribution in [3.05, 3.63) is 0 Å². The first-order chi connectivity index (χ1) is 10.2. The van der Waals surface area contributed by atoms with E-state index in [1.54, 1.807) is 0 Å². The molecule has 6 nitrogen and oxygen atoms in total. The van der Waals surface area contributed by atoms with Gasteiger partial charge in [0.15, 0.2) is 0 Å². The molecule has 0 bridgehead atoms. The molecule has 22 heavy (non-hydrogen) atoms. The zero-order valence-corrected chi connectivity index (χ0v) is 15.3. The highest BCUT2D eigenvalue weighted by atomic mass is 32.3. The summed E-state index contributed by atoms with van der Waals surface area (Å²) < 4.78 is 32.4. The SMILES string of the molecule is COS(=O)(=O)O.C[N+]1(CCCC[N+]2(C)CCCC2)CCCC1. The molecule has 0 aromatic rings. The van der Waals surface area contributed by atoms with Crippen LogP contribution in [0.5, 0.6) is 0 Å². The number of hydrogen-bond donors (Lipinski definition) is 1. The Morgan fingerprint density at radius 2 is 1.14 bits per heavy atom. The molecule has 0 atom stereocenters. The van der Waals surface area contributed by atoms with Gasteiger partial charge in [-0.05, 0) is 0 Å². The molecule has 0 saturated carbocycles. The van der Waals surface area contributed by atoms with Gasteiger partial charge in [0, 0.05) is 38.5 Å². The highest BCUT2D eigenvalue weighted by Gasteiger charge is 2.28. The standard InChI is InChI=1S/C14H30N2.CH4O4S/c1-15(9-3-4-10-15)13-7-8-14-16(2)11-5-6-12-16;1-5-6(2,3)4/h3-14H2,1-2H3;1H3,(H,2,3,4)/q+2;. The average Bonchev–Trinajstić information content (AvgIpc) is 3.05. The third-order valence-corrected chi connectivity index (χ3v) is 5.57. The fraction of sp³-hybridized carbons (Fsp3) is 1.00. The summed E-state index contributed by atoms with van der Waals surface area (Å²) in [5.41, 5.74) is 0. The van der Waals surface area contributed by atoms with Crippen LogP contribution >= 0.6 is 0 Å². The van der Waals surface area contributed by atoms with Crippen LogP contribution in [0.25, 0.3) is 0 Å². The van der Waals surface area contributed by atoms with E-state index in [1.807, 2.05) is 0 Å². The van der Waals surface area contributed by atoms with Gasteiger partial charge < -0.3 is 8.97 Å². The van der Waals surface area contributed by atoms with Gasteiger partial charge in [-0.1, -0.05) is 0 Å². The van der Waals surface area contributed by atoms with Crippen LogP contribution in [0, 0.1) is 0 Å². The Morgan fingerprint density at radius 1 is 0.864 bits per heavy atom. The molecule has 0 amide bonds. The lowest BCUT2D eigenvalue weighted by atomic mass is 10.2. The highest BCUT2D eigenvalue weighted by Crippen LogP contribution is 2.20. The second kappa shape index (κ2) is 8.59. The van der Waals surface area contributed by atoms with Crippen LogP contribution in [0.3, 0.4) is 0 Å². The van der Waals surface area contributed by atoms with Gasteiger partial charge >= 0.3 is 10.4 Å². The molecular formula is C15H34N2O4S+2. The topological polar surface area (TPSA) is 63.6 Å². The Balaban J connectivity index is 0.000000346. The molecule has 0 spiro atoms. The van der Waals surface area contributed by atoms with E-state index in [2.05, 4.69) is 18.3 Å². The van der Waals surface area contributed by atoms with Crippen molar-refractivity contribution < 1.29 is 26.1 Å². The molecule has 2 saturated heterocycles. The monoisotopic (exact) mass is 338 g/mol. The lowest BCUT2D eigenvalue weighted by molar-refractivity contribution is -0.904. The molecule has 0 aromatic carbocycles. The molecule has 2 aliphatic rings. The molecule has 2 heterocycles. The summed E-state index contributed by atoms with van der Waals surface area (Å²) in [5, 5.41) is 0. The fourth-order valence-corrected chi connectivity index (χ4v) is 3.63. The van der Waals surface area contributed by atoms with E-state index in [4.69, 9.17) is 4.55 Å². The second-order valence-electron chi connectivity index (χ2n) is 7.30. The van der Waals surface area contributed by atoms with E-state index in [0.29, 0.717) is 0 Å². The molecule has 0 aromatic heterocycles. The molecular weight excluding hydrogens is 304 g/mol. The van der Waals surface area contributed by atoms with E-state index in [9.17, 15) is 8.42 Å². The Hall–Kier alpha value is -0.210. The van der Waals surface area contributed by atoms with Crippen molar-refractivity contribution in [2.45, 2.75) is 38.5 Å². The summed E-state index contributed by atoms with van der Waals surface area (Å²) in [6.07, 6.45) is 8.75. The molecule has 132 valence electrons. The maximum absolute atomic E-state index is 9.33. The van der Waals surface area contributed by atoms with Crippen molar-refractivity contribution in [3.8, 4) is 0 Å². The van der Waals surface area contributed by atoms with Crippen LogP contribution in [-0.2, 0) is 14.6 Å². The number of unbranched alkanes of at least 4 members (excludes halogenated alkanes) is 1. The normalized spacial score (nSPS) is 23.1. The van der Waals surface area contributed by atoms with Gasteiger partial charge in [-0.3, -0.25) is 8.74 Å². The Bertz CT molecular complexity index is 389. The van der Waals surface area contributed by atoms with Gasteiger partial charge in [-0.2, -0.15) is 8.42 Å². The minimum Gasteiger partial charge on any atom is -0.326 e. The summed E-state index contributed by atoms with van der Waals surface area (Å²) in [4.78, 5) is 0. The molecule has 2 fully saturated rings. The van der Waals surface area contributed by atoms with Gasteiger partial charge in [0.25, 0.3) is 0 Å². The highest BCUT2D eigenvalue weighted by molar-refractivity contribution is 7.80. The second-order valence-corrected chi connectivity index (χ2v) is 8.49. The molecule has 2 rings (SSSR count). The molecule has 0 aliphatic carbocycles. The van der Waals surface area contributed by atoms with E-state index < -0.39 is 10.4 Å². The van der Waals surface area contributed by atoms with E-state index in [1.165, 1.54) is 86.8 Å². The summed E-state index contributed by atoms with van der Waals surface area (Å²) in [6.45, 7) is 8.61. The van der Waals surface area contributed by atoms with E-state index in [-0.39, 0.29) is 0 Å². The predicted molar refractivity (Wildman–Crippen MR) is 87.8 cm³/mol. The van der Waals surface area contributed by atoms with E-state index in [0.717, 1.165) is 7.11 Å². The van der Waals surface area contributed by atoms with Crippen molar-refractivity contribution in [1.29, 1.82) is 0 Å². The van der Waals surface area contributed by atoms with Crippen LogP contribution in [0.15, 0.2) is 0 Å². The quantitative estimate of drug-likeness (QED) is 0.455.